The van der Waals surface area contributed by atoms with Gasteiger partial charge in [0, 0.05) is 18.9 Å². The first-order chi connectivity index (χ1) is 15.1. The Morgan fingerprint density at radius 3 is 2.61 bits per heavy atom. The molecule has 7 nitrogen and oxygen atoms in total. The van der Waals surface area contributed by atoms with Crippen molar-refractivity contribution in [1.29, 1.82) is 0 Å². The number of carbonyl (C=O) groups excluding carboxylic acids is 1. The summed E-state index contributed by atoms with van der Waals surface area (Å²) in [7, 11) is 1.56. The number of carbonyl (C=O) groups is 1. The van der Waals surface area contributed by atoms with Crippen molar-refractivity contribution in [3.63, 3.8) is 0 Å². The largest absolute Gasteiger partial charge is 0.486 e. The first-order valence-corrected chi connectivity index (χ1v) is 10.4. The standard InChI is InChI=1S/C23H24N2O5S/c1-15-20(22(26)30-11-10-27-2)21(16-6-4-3-5-7-16)24-23(31)25(15)17-8-9-18-19(14-17)29-13-12-28-18/h3-9,14,21H,10-13H2,1-2H3,(H,24,31)/t21-/m0/s1. The van der Waals surface area contributed by atoms with E-state index in [4.69, 9.17) is 31.2 Å². The van der Waals surface area contributed by atoms with E-state index in [1.54, 1.807) is 7.11 Å². The number of benzene rings is 2. The highest BCUT2D eigenvalue weighted by Gasteiger charge is 2.35. The van der Waals surface area contributed by atoms with E-state index in [-0.39, 0.29) is 6.61 Å². The van der Waals surface area contributed by atoms with Gasteiger partial charge in [-0.3, -0.25) is 4.90 Å². The van der Waals surface area contributed by atoms with Crippen LogP contribution in [0.25, 0.3) is 0 Å². The van der Waals surface area contributed by atoms with Gasteiger partial charge in [0.25, 0.3) is 0 Å². The third-order valence-electron chi connectivity index (χ3n) is 5.14. The molecule has 2 aliphatic rings. The topological polar surface area (TPSA) is 69.3 Å². The summed E-state index contributed by atoms with van der Waals surface area (Å²) in [4.78, 5) is 14.9. The van der Waals surface area contributed by atoms with Crippen molar-refractivity contribution in [1.82, 2.24) is 5.32 Å². The second kappa shape index (κ2) is 9.36. The van der Waals surface area contributed by atoms with Crippen LogP contribution in [-0.2, 0) is 14.3 Å². The predicted octanol–water partition coefficient (Wildman–Crippen LogP) is 3.36. The van der Waals surface area contributed by atoms with Crippen molar-refractivity contribution in [2.75, 3.05) is 38.4 Å². The Morgan fingerprint density at radius 2 is 1.87 bits per heavy atom. The van der Waals surface area contributed by atoms with E-state index in [2.05, 4.69) is 5.32 Å². The summed E-state index contributed by atoms with van der Waals surface area (Å²) in [5, 5.41) is 3.79. The van der Waals surface area contributed by atoms with E-state index in [0.717, 1.165) is 11.3 Å². The Morgan fingerprint density at radius 1 is 1.13 bits per heavy atom. The number of nitrogens with zero attached hydrogens (tertiary/aromatic N) is 1. The zero-order valence-corrected chi connectivity index (χ0v) is 18.2. The molecule has 0 amide bonds. The zero-order chi connectivity index (χ0) is 21.8. The molecule has 0 aromatic heterocycles. The molecule has 2 aromatic carbocycles. The number of anilines is 1. The average Bonchev–Trinajstić information content (AvgIpc) is 2.79. The number of ether oxygens (including phenoxy) is 4. The summed E-state index contributed by atoms with van der Waals surface area (Å²) in [6, 6.07) is 14.9. The zero-order valence-electron chi connectivity index (χ0n) is 17.4. The van der Waals surface area contributed by atoms with Gasteiger partial charge in [-0.05, 0) is 36.8 Å². The van der Waals surface area contributed by atoms with Crippen LogP contribution >= 0.6 is 12.2 Å². The lowest BCUT2D eigenvalue weighted by atomic mass is 9.95. The highest BCUT2D eigenvalue weighted by Crippen LogP contribution is 2.38. The number of allylic oxidation sites excluding steroid dienone is 1. The third-order valence-corrected chi connectivity index (χ3v) is 5.44. The molecular weight excluding hydrogens is 416 g/mol. The van der Waals surface area contributed by atoms with Crippen LogP contribution < -0.4 is 19.7 Å². The molecule has 0 unspecified atom stereocenters. The lowest BCUT2D eigenvalue weighted by Gasteiger charge is -2.37. The highest BCUT2D eigenvalue weighted by molar-refractivity contribution is 7.80. The van der Waals surface area contributed by atoms with Gasteiger partial charge in [-0.2, -0.15) is 0 Å². The number of fused-ring (bicyclic) bond motifs is 1. The van der Waals surface area contributed by atoms with Crippen LogP contribution in [0.1, 0.15) is 18.5 Å². The fraction of sp³-hybridized carbons (Fsp3) is 0.304. The van der Waals surface area contributed by atoms with Crippen LogP contribution in [0.3, 0.4) is 0 Å². The highest BCUT2D eigenvalue weighted by atomic mass is 32.1. The average molecular weight is 441 g/mol. The van der Waals surface area contributed by atoms with Crippen molar-refractivity contribution in [2.45, 2.75) is 13.0 Å². The molecule has 162 valence electrons. The van der Waals surface area contributed by atoms with Gasteiger partial charge in [0.15, 0.2) is 16.6 Å². The summed E-state index contributed by atoms with van der Waals surface area (Å²) < 4.78 is 21.8. The second-order valence-corrected chi connectivity index (χ2v) is 7.47. The Bertz CT molecular complexity index is 1010. The van der Waals surface area contributed by atoms with Crippen LogP contribution in [0.4, 0.5) is 5.69 Å². The van der Waals surface area contributed by atoms with Crippen molar-refractivity contribution < 1.29 is 23.7 Å². The van der Waals surface area contributed by atoms with Crippen molar-refractivity contribution in [2.24, 2.45) is 0 Å². The van der Waals surface area contributed by atoms with E-state index in [9.17, 15) is 4.79 Å². The molecule has 31 heavy (non-hydrogen) atoms. The molecule has 0 bridgehead atoms. The molecule has 1 N–H and O–H groups in total. The minimum atomic E-state index is -0.419. The maximum atomic E-state index is 13.1. The lowest BCUT2D eigenvalue weighted by molar-refractivity contribution is -0.140. The van der Waals surface area contributed by atoms with Crippen LogP contribution in [0.2, 0.25) is 0 Å². The monoisotopic (exact) mass is 440 g/mol. The second-order valence-electron chi connectivity index (χ2n) is 7.08. The van der Waals surface area contributed by atoms with E-state index in [1.165, 1.54) is 0 Å². The smallest absolute Gasteiger partial charge is 0.338 e. The normalized spacial score (nSPS) is 17.9. The summed E-state index contributed by atoms with van der Waals surface area (Å²) >= 11 is 5.70. The van der Waals surface area contributed by atoms with E-state index in [0.29, 0.717) is 47.7 Å². The van der Waals surface area contributed by atoms with Crippen molar-refractivity contribution in [3.8, 4) is 11.5 Å². The van der Waals surface area contributed by atoms with Gasteiger partial charge in [0.2, 0.25) is 0 Å². The number of methoxy groups -OCH3 is 1. The molecule has 0 saturated carbocycles. The number of hydrogen-bond donors (Lipinski definition) is 1. The number of rotatable bonds is 6. The van der Waals surface area contributed by atoms with Gasteiger partial charge >= 0.3 is 5.97 Å². The van der Waals surface area contributed by atoms with E-state index >= 15 is 0 Å². The molecule has 4 rings (SSSR count). The van der Waals surface area contributed by atoms with Gasteiger partial charge in [-0.1, -0.05) is 30.3 Å². The molecule has 8 heteroatoms. The van der Waals surface area contributed by atoms with Crippen molar-refractivity contribution in [3.05, 3.63) is 65.4 Å². The van der Waals surface area contributed by atoms with E-state index in [1.807, 2.05) is 60.4 Å². The third kappa shape index (κ3) is 4.35. The summed E-state index contributed by atoms with van der Waals surface area (Å²) in [5.41, 5.74) is 2.88. The maximum Gasteiger partial charge on any atom is 0.338 e. The molecule has 2 heterocycles. The maximum absolute atomic E-state index is 13.1. The number of esters is 1. The molecular formula is C23H24N2O5S. The first-order valence-electron chi connectivity index (χ1n) is 10.0. The molecule has 0 fully saturated rings. The Labute approximate surface area is 186 Å². The van der Waals surface area contributed by atoms with Crippen LogP contribution in [0.5, 0.6) is 11.5 Å². The fourth-order valence-electron chi connectivity index (χ4n) is 3.68. The SMILES string of the molecule is COCCOC(=O)C1=C(C)N(c2ccc3c(c2)OCCO3)C(=S)N[C@H]1c1ccccc1. The van der Waals surface area contributed by atoms with Gasteiger partial charge in [-0.15, -0.1) is 0 Å². The van der Waals surface area contributed by atoms with Crippen LogP contribution in [0.15, 0.2) is 59.8 Å². The fourth-order valence-corrected chi connectivity index (χ4v) is 4.04. The van der Waals surface area contributed by atoms with Gasteiger partial charge < -0.3 is 24.3 Å². The molecule has 0 spiro atoms. The van der Waals surface area contributed by atoms with Crippen LogP contribution in [-0.4, -0.2) is 44.6 Å². The summed E-state index contributed by atoms with van der Waals surface area (Å²) in [6.07, 6.45) is 0. The number of nitrogens with one attached hydrogen (secondary N) is 1. The summed E-state index contributed by atoms with van der Waals surface area (Å²) in [6.45, 7) is 3.37. The molecule has 1 atom stereocenters. The lowest BCUT2D eigenvalue weighted by Crippen LogP contribution is -2.48. The van der Waals surface area contributed by atoms with Crippen molar-refractivity contribution >= 4 is 29.0 Å². The van der Waals surface area contributed by atoms with Gasteiger partial charge in [0.1, 0.15) is 19.8 Å². The first kappa shape index (κ1) is 21.1. The van der Waals surface area contributed by atoms with Crippen LogP contribution in [0, 0.1) is 0 Å². The Kier molecular flexibility index (Phi) is 6.39. The summed E-state index contributed by atoms with van der Waals surface area (Å²) in [5.74, 6) is 0.920. The molecule has 2 aliphatic heterocycles. The van der Waals surface area contributed by atoms with E-state index < -0.39 is 12.0 Å². The van der Waals surface area contributed by atoms with Gasteiger partial charge in [0.05, 0.1) is 23.9 Å². The quantitative estimate of drug-likeness (QED) is 0.417. The minimum Gasteiger partial charge on any atom is -0.486 e. The Balaban J connectivity index is 1.75. The minimum absolute atomic E-state index is 0.169. The number of thiocarbonyl (C=S) groups is 1. The molecule has 0 saturated heterocycles. The molecule has 0 radical (unpaired) electrons. The Hall–Kier alpha value is -3.10. The molecule has 0 aliphatic carbocycles. The van der Waals surface area contributed by atoms with Gasteiger partial charge in [-0.25, -0.2) is 4.79 Å². The number of hydrogen-bond acceptors (Lipinski definition) is 6. The molecule has 2 aromatic rings. The predicted molar refractivity (Wildman–Crippen MR) is 120 cm³/mol.